The molecule has 0 aliphatic carbocycles. The van der Waals surface area contributed by atoms with E-state index in [1.165, 1.54) is 19.5 Å². The second kappa shape index (κ2) is 7.06. The molecule has 1 amide bonds. The summed E-state index contributed by atoms with van der Waals surface area (Å²) in [5.74, 6) is -2.68. The highest BCUT2D eigenvalue weighted by atomic mass is 19.3. The van der Waals surface area contributed by atoms with Crippen LogP contribution in [-0.4, -0.2) is 77.0 Å². The number of alkyl halides is 2. The SMILES string of the molecule is COC[C@@H]1CC(F)(F)CN1C1CCN(C(=O)c2ncccn2)CC1. The summed E-state index contributed by atoms with van der Waals surface area (Å²) in [5.41, 5.74) is 0. The van der Waals surface area contributed by atoms with Gasteiger partial charge < -0.3 is 9.64 Å². The first-order valence-electron chi connectivity index (χ1n) is 8.19. The predicted molar refractivity (Wildman–Crippen MR) is 82.9 cm³/mol. The van der Waals surface area contributed by atoms with Gasteiger partial charge in [0.15, 0.2) is 0 Å². The fourth-order valence-electron chi connectivity index (χ4n) is 3.65. The number of methoxy groups -OCH3 is 1. The highest BCUT2D eigenvalue weighted by Crippen LogP contribution is 2.35. The van der Waals surface area contributed by atoms with Crippen LogP contribution in [0.1, 0.15) is 29.9 Å². The first-order chi connectivity index (χ1) is 11.5. The number of carbonyl (C=O) groups excluding carboxylic acids is 1. The predicted octanol–water partition coefficient (Wildman–Crippen LogP) is 1.44. The van der Waals surface area contributed by atoms with E-state index in [9.17, 15) is 13.6 Å². The van der Waals surface area contributed by atoms with Crippen LogP contribution < -0.4 is 0 Å². The van der Waals surface area contributed by atoms with Gasteiger partial charge in [-0.05, 0) is 18.9 Å². The number of aromatic nitrogens is 2. The molecule has 1 aromatic heterocycles. The molecule has 2 aliphatic rings. The lowest BCUT2D eigenvalue weighted by molar-refractivity contribution is 0.00280. The molecule has 2 saturated heterocycles. The standard InChI is InChI=1S/C16H22F2N4O2/c1-24-10-13-9-16(17,18)11-22(13)12-3-7-21(8-4-12)15(23)14-19-5-2-6-20-14/h2,5-6,12-13H,3-4,7-11H2,1H3/t13-/m0/s1. The molecule has 0 N–H and O–H groups in total. The van der Waals surface area contributed by atoms with Crippen molar-refractivity contribution in [3.05, 3.63) is 24.3 Å². The van der Waals surface area contributed by atoms with Gasteiger partial charge in [0.25, 0.3) is 11.8 Å². The van der Waals surface area contributed by atoms with Crippen LogP contribution in [0.15, 0.2) is 18.5 Å². The molecule has 3 heterocycles. The van der Waals surface area contributed by atoms with Gasteiger partial charge in [-0.3, -0.25) is 9.69 Å². The number of piperidine rings is 1. The smallest absolute Gasteiger partial charge is 0.291 e. The fourth-order valence-corrected chi connectivity index (χ4v) is 3.65. The third-order valence-electron chi connectivity index (χ3n) is 4.75. The van der Waals surface area contributed by atoms with Crippen LogP contribution in [0.3, 0.4) is 0 Å². The summed E-state index contributed by atoms with van der Waals surface area (Å²) in [7, 11) is 1.54. The van der Waals surface area contributed by atoms with Crippen molar-refractivity contribution >= 4 is 5.91 Å². The average molecular weight is 340 g/mol. The molecule has 1 atom stereocenters. The molecule has 6 nitrogen and oxygen atoms in total. The summed E-state index contributed by atoms with van der Waals surface area (Å²) in [4.78, 5) is 23.9. The van der Waals surface area contributed by atoms with Gasteiger partial charge in [0, 0.05) is 51.1 Å². The molecule has 8 heteroatoms. The zero-order chi connectivity index (χ0) is 17.2. The summed E-state index contributed by atoms with van der Waals surface area (Å²) >= 11 is 0. The Bertz CT molecular complexity index is 564. The van der Waals surface area contributed by atoms with Crippen LogP contribution >= 0.6 is 0 Å². The van der Waals surface area contributed by atoms with Crippen LogP contribution in [0, 0.1) is 0 Å². The fraction of sp³-hybridized carbons (Fsp3) is 0.688. The van der Waals surface area contributed by atoms with Crippen molar-refractivity contribution in [2.75, 3.05) is 33.4 Å². The summed E-state index contributed by atoms with van der Waals surface area (Å²) in [6.45, 7) is 1.15. The molecular weight excluding hydrogens is 318 g/mol. The summed E-state index contributed by atoms with van der Waals surface area (Å²) in [6.07, 6.45) is 4.27. The molecule has 24 heavy (non-hydrogen) atoms. The number of ether oxygens (including phenoxy) is 1. The van der Waals surface area contributed by atoms with Gasteiger partial charge in [-0.1, -0.05) is 0 Å². The molecule has 1 aromatic rings. The zero-order valence-electron chi connectivity index (χ0n) is 13.7. The van der Waals surface area contributed by atoms with E-state index in [-0.39, 0.29) is 36.8 Å². The summed E-state index contributed by atoms with van der Waals surface area (Å²) < 4.78 is 32.6. The van der Waals surface area contributed by atoms with E-state index in [0.29, 0.717) is 32.5 Å². The third kappa shape index (κ3) is 3.70. The number of carbonyl (C=O) groups is 1. The Morgan fingerprint density at radius 1 is 1.33 bits per heavy atom. The third-order valence-corrected chi connectivity index (χ3v) is 4.75. The maximum Gasteiger partial charge on any atom is 0.291 e. The number of nitrogens with zero attached hydrogens (tertiary/aromatic N) is 4. The molecular formula is C16H22F2N4O2. The van der Waals surface area contributed by atoms with Gasteiger partial charge >= 0.3 is 0 Å². The van der Waals surface area contributed by atoms with Crippen molar-refractivity contribution < 1.29 is 18.3 Å². The molecule has 132 valence electrons. The van der Waals surface area contributed by atoms with Crippen molar-refractivity contribution in [3.63, 3.8) is 0 Å². The van der Waals surface area contributed by atoms with Crippen molar-refractivity contribution in [1.82, 2.24) is 19.8 Å². The topological polar surface area (TPSA) is 58.6 Å². The quantitative estimate of drug-likeness (QED) is 0.830. The van der Waals surface area contributed by atoms with E-state index in [1.54, 1.807) is 11.0 Å². The molecule has 0 spiro atoms. The van der Waals surface area contributed by atoms with Crippen molar-refractivity contribution in [1.29, 1.82) is 0 Å². The highest BCUT2D eigenvalue weighted by molar-refractivity contribution is 5.90. The van der Waals surface area contributed by atoms with E-state index in [4.69, 9.17) is 4.74 Å². The molecule has 0 aromatic carbocycles. The second-order valence-electron chi connectivity index (χ2n) is 6.44. The molecule has 2 aliphatic heterocycles. The Morgan fingerprint density at radius 2 is 2.00 bits per heavy atom. The largest absolute Gasteiger partial charge is 0.383 e. The Kier molecular flexibility index (Phi) is 5.05. The molecule has 3 rings (SSSR count). The van der Waals surface area contributed by atoms with Crippen LogP contribution in [-0.2, 0) is 4.74 Å². The molecule has 0 bridgehead atoms. The van der Waals surface area contributed by atoms with Crippen LogP contribution in [0.5, 0.6) is 0 Å². The summed E-state index contributed by atoms with van der Waals surface area (Å²) in [6, 6.07) is 1.46. The maximum absolute atomic E-state index is 13.8. The van der Waals surface area contributed by atoms with Crippen LogP contribution in [0.2, 0.25) is 0 Å². The average Bonchev–Trinajstić information content (AvgIpc) is 2.90. The van der Waals surface area contributed by atoms with Crippen molar-refractivity contribution in [2.45, 2.75) is 37.3 Å². The number of amides is 1. The number of hydrogen-bond donors (Lipinski definition) is 0. The number of halogens is 2. The van der Waals surface area contributed by atoms with Gasteiger partial charge in [-0.15, -0.1) is 0 Å². The minimum absolute atomic E-state index is 0.0549. The van der Waals surface area contributed by atoms with Crippen molar-refractivity contribution in [2.24, 2.45) is 0 Å². The number of rotatable bonds is 4. The van der Waals surface area contributed by atoms with E-state index in [1.807, 2.05) is 4.90 Å². The lowest BCUT2D eigenvalue weighted by atomic mass is 10.0. The van der Waals surface area contributed by atoms with Gasteiger partial charge in [0.05, 0.1) is 13.2 Å². The van der Waals surface area contributed by atoms with Crippen LogP contribution in [0.4, 0.5) is 8.78 Å². The number of hydrogen-bond acceptors (Lipinski definition) is 5. The molecule has 2 fully saturated rings. The minimum Gasteiger partial charge on any atom is -0.383 e. The molecule has 0 radical (unpaired) electrons. The first kappa shape index (κ1) is 17.2. The van der Waals surface area contributed by atoms with Crippen molar-refractivity contribution in [3.8, 4) is 0 Å². The van der Waals surface area contributed by atoms with Gasteiger partial charge in [-0.2, -0.15) is 0 Å². The highest BCUT2D eigenvalue weighted by Gasteiger charge is 2.47. The Morgan fingerprint density at radius 3 is 2.62 bits per heavy atom. The Balaban J connectivity index is 1.59. The second-order valence-corrected chi connectivity index (χ2v) is 6.44. The normalized spacial score (nSPS) is 25.1. The van der Waals surface area contributed by atoms with E-state index in [0.717, 1.165) is 0 Å². The van der Waals surface area contributed by atoms with E-state index < -0.39 is 5.92 Å². The molecule has 0 unspecified atom stereocenters. The first-order valence-corrected chi connectivity index (χ1v) is 8.19. The zero-order valence-corrected chi connectivity index (χ0v) is 13.7. The summed E-state index contributed by atoms with van der Waals surface area (Å²) in [5, 5.41) is 0. The number of likely N-dealkylation sites (tertiary alicyclic amines) is 2. The van der Waals surface area contributed by atoms with Gasteiger partial charge in [0.1, 0.15) is 0 Å². The Labute approximate surface area is 139 Å². The van der Waals surface area contributed by atoms with Gasteiger partial charge in [0.2, 0.25) is 5.82 Å². The molecule has 0 saturated carbocycles. The lowest BCUT2D eigenvalue weighted by Crippen LogP contribution is -2.49. The monoisotopic (exact) mass is 340 g/mol. The van der Waals surface area contributed by atoms with E-state index >= 15 is 0 Å². The lowest BCUT2D eigenvalue weighted by Gasteiger charge is -2.38. The van der Waals surface area contributed by atoms with E-state index in [2.05, 4.69) is 9.97 Å². The Hall–Kier alpha value is -1.67. The van der Waals surface area contributed by atoms with Gasteiger partial charge in [-0.25, -0.2) is 18.7 Å². The van der Waals surface area contributed by atoms with Crippen LogP contribution in [0.25, 0.3) is 0 Å². The maximum atomic E-state index is 13.8. The minimum atomic E-state index is -2.66.